The summed E-state index contributed by atoms with van der Waals surface area (Å²) in [7, 11) is 1.71. The molecule has 0 aromatic heterocycles. The number of carbonyl (C=O) groups excluding carboxylic acids is 1. The van der Waals surface area contributed by atoms with E-state index in [0.29, 0.717) is 6.61 Å². The van der Waals surface area contributed by atoms with Crippen LogP contribution in [0, 0.1) is 5.92 Å². The number of nitrogens with zero attached hydrogens (tertiary/aromatic N) is 1. The van der Waals surface area contributed by atoms with Crippen LogP contribution in [0.15, 0.2) is 24.3 Å². The van der Waals surface area contributed by atoms with Crippen LogP contribution in [0.2, 0.25) is 0 Å². The fraction of sp³-hybridized carbons (Fsp3) is 0.650. The Morgan fingerprint density at radius 3 is 2.76 bits per heavy atom. The Morgan fingerprint density at radius 1 is 1.28 bits per heavy atom. The van der Waals surface area contributed by atoms with Gasteiger partial charge in [-0.3, -0.25) is 4.79 Å². The van der Waals surface area contributed by atoms with E-state index < -0.39 is 0 Å². The van der Waals surface area contributed by atoms with E-state index in [1.165, 1.54) is 0 Å². The van der Waals surface area contributed by atoms with E-state index in [4.69, 9.17) is 9.47 Å². The van der Waals surface area contributed by atoms with Gasteiger partial charge >= 0.3 is 0 Å². The molecule has 2 unspecified atom stereocenters. The highest BCUT2D eigenvalue weighted by atomic mass is 16.5. The Hall–Kier alpha value is -1.75. The maximum Gasteiger partial charge on any atom is 0.223 e. The number of anilines is 1. The third-order valence-electron chi connectivity index (χ3n) is 5.46. The fourth-order valence-corrected chi connectivity index (χ4v) is 3.88. The molecule has 1 N–H and O–H groups in total. The zero-order valence-corrected chi connectivity index (χ0v) is 15.4. The first-order valence-electron chi connectivity index (χ1n) is 9.51. The zero-order chi connectivity index (χ0) is 17.6. The highest BCUT2D eigenvalue weighted by molar-refractivity contribution is 5.79. The predicted octanol–water partition coefficient (Wildman–Crippen LogP) is 2.99. The van der Waals surface area contributed by atoms with Crippen LogP contribution in [0.25, 0.3) is 0 Å². The molecule has 0 aliphatic carbocycles. The Labute approximate surface area is 150 Å². The van der Waals surface area contributed by atoms with Gasteiger partial charge in [-0.25, -0.2) is 0 Å². The molecular weight excluding hydrogens is 316 g/mol. The zero-order valence-electron chi connectivity index (χ0n) is 15.4. The molecular formula is C20H30N2O3. The van der Waals surface area contributed by atoms with Crippen LogP contribution in [0.1, 0.15) is 39.0 Å². The van der Waals surface area contributed by atoms with E-state index >= 15 is 0 Å². The van der Waals surface area contributed by atoms with Crippen molar-refractivity contribution in [2.45, 2.75) is 51.2 Å². The topological polar surface area (TPSA) is 50.8 Å². The molecule has 3 rings (SSSR count). The second-order valence-corrected chi connectivity index (χ2v) is 7.06. The maximum atomic E-state index is 12.6. The van der Waals surface area contributed by atoms with Crippen LogP contribution in [0.4, 0.5) is 5.69 Å². The van der Waals surface area contributed by atoms with Gasteiger partial charge in [0.1, 0.15) is 5.75 Å². The first kappa shape index (κ1) is 18.1. The lowest BCUT2D eigenvalue weighted by Gasteiger charge is -2.36. The fourth-order valence-electron chi connectivity index (χ4n) is 3.88. The van der Waals surface area contributed by atoms with Crippen molar-refractivity contribution in [2.75, 3.05) is 31.7 Å². The third-order valence-corrected chi connectivity index (χ3v) is 5.46. The number of hydrogen-bond acceptors (Lipinski definition) is 4. The molecule has 0 saturated carbocycles. The number of carbonyl (C=O) groups is 1. The lowest BCUT2D eigenvalue weighted by Crippen LogP contribution is -2.47. The molecule has 2 fully saturated rings. The Morgan fingerprint density at radius 2 is 2.04 bits per heavy atom. The molecule has 0 bridgehead atoms. The number of benzene rings is 1. The highest BCUT2D eigenvalue weighted by Gasteiger charge is 2.29. The third kappa shape index (κ3) is 4.46. The summed E-state index contributed by atoms with van der Waals surface area (Å²) in [6, 6.07) is 8.41. The van der Waals surface area contributed by atoms with Gasteiger partial charge in [-0.15, -0.1) is 0 Å². The van der Waals surface area contributed by atoms with Crippen molar-refractivity contribution in [3.63, 3.8) is 0 Å². The molecule has 1 amide bonds. The van der Waals surface area contributed by atoms with E-state index in [0.717, 1.165) is 56.6 Å². The molecule has 2 saturated heterocycles. The predicted molar refractivity (Wildman–Crippen MR) is 99.1 cm³/mol. The average Bonchev–Trinajstić information content (AvgIpc) is 2.68. The van der Waals surface area contributed by atoms with Crippen molar-refractivity contribution >= 4 is 11.6 Å². The first-order chi connectivity index (χ1) is 12.2. The van der Waals surface area contributed by atoms with Gasteiger partial charge in [0.15, 0.2) is 0 Å². The molecule has 2 aliphatic heterocycles. The summed E-state index contributed by atoms with van der Waals surface area (Å²) in [5.74, 6) is 1.25. The van der Waals surface area contributed by atoms with Crippen molar-refractivity contribution in [1.29, 1.82) is 0 Å². The molecule has 5 heteroatoms. The Kier molecular flexibility index (Phi) is 6.19. The summed E-state index contributed by atoms with van der Waals surface area (Å²) >= 11 is 0. The summed E-state index contributed by atoms with van der Waals surface area (Å²) < 4.78 is 11.2. The first-order valence-corrected chi connectivity index (χ1v) is 9.51. The molecule has 1 aromatic carbocycles. The van der Waals surface area contributed by atoms with Gasteiger partial charge in [-0.2, -0.15) is 0 Å². The number of para-hydroxylation sites is 2. The van der Waals surface area contributed by atoms with E-state index in [9.17, 15) is 4.79 Å². The van der Waals surface area contributed by atoms with Crippen LogP contribution >= 0.6 is 0 Å². The van der Waals surface area contributed by atoms with Gasteiger partial charge in [-0.05, 0) is 44.2 Å². The number of hydrogen-bond donors (Lipinski definition) is 1. The summed E-state index contributed by atoms with van der Waals surface area (Å²) in [5, 5.41) is 3.28. The number of piperidine rings is 1. The minimum atomic E-state index is 0.117. The molecule has 25 heavy (non-hydrogen) atoms. The van der Waals surface area contributed by atoms with Gasteiger partial charge in [-0.1, -0.05) is 19.1 Å². The van der Waals surface area contributed by atoms with E-state index in [1.807, 2.05) is 18.2 Å². The monoisotopic (exact) mass is 346 g/mol. The molecule has 138 valence electrons. The Balaban J connectivity index is 1.50. The molecule has 0 radical (unpaired) electrons. The minimum absolute atomic E-state index is 0.117. The molecule has 5 nitrogen and oxygen atoms in total. The minimum Gasteiger partial charge on any atom is -0.495 e. The van der Waals surface area contributed by atoms with Crippen LogP contribution < -0.4 is 15.0 Å². The van der Waals surface area contributed by atoms with Crippen molar-refractivity contribution in [3.05, 3.63) is 24.3 Å². The van der Waals surface area contributed by atoms with Crippen LogP contribution in [-0.2, 0) is 9.53 Å². The van der Waals surface area contributed by atoms with E-state index in [1.54, 1.807) is 7.11 Å². The average molecular weight is 346 g/mol. The maximum absolute atomic E-state index is 12.6. The lowest BCUT2D eigenvalue weighted by atomic mass is 9.92. The quantitative estimate of drug-likeness (QED) is 0.890. The SMILES string of the molecule is CCC1CC(C(=O)NC2CCN(c3ccccc3OC)CC2)CCO1. The summed E-state index contributed by atoms with van der Waals surface area (Å²) in [6.45, 7) is 4.72. The van der Waals surface area contributed by atoms with Crippen molar-refractivity contribution in [2.24, 2.45) is 5.92 Å². The van der Waals surface area contributed by atoms with Gasteiger partial charge in [0.2, 0.25) is 5.91 Å². The molecule has 2 heterocycles. The summed E-state index contributed by atoms with van der Waals surface area (Å²) in [4.78, 5) is 14.9. The van der Waals surface area contributed by atoms with Crippen LogP contribution in [0.5, 0.6) is 5.75 Å². The van der Waals surface area contributed by atoms with Gasteiger partial charge in [0, 0.05) is 31.7 Å². The number of rotatable bonds is 5. The smallest absolute Gasteiger partial charge is 0.223 e. The van der Waals surface area contributed by atoms with Gasteiger partial charge < -0.3 is 19.7 Å². The molecule has 0 spiro atoms. The normalized spacial score (nSPS) is 24.8. The molecule has 2 aliphatic rings. The Bertz CT molecular complexity index is 570. The van der Waals surface area contributed by atoms with Crippen molar-refractivity contribution in [1.82, 2.24) is 5.32 Å². The number of ether oxygens (including phenoxy) is 2. The summed E-state index contributed by atoms with van der Waals surface area (Å²) in [5.41, 5.74) is 1.14. The van der Waals surface area contributed by atoms with Crippen molar-refractivity contribution in [3.8, 4) is 5.75 Å². The van der Waals surface area contributed by atoms with Crippen molar-refractivity contribution < 1.29 is 14.3 Å². The van der Waals surface area contributed by atoms with E-state index in [-0.39, 0.29) is 24.0 Å². The second kappa shape index (κ2) is 8.56. The number of methoxy groups -OCH3 is 1. The number of nitrogens with one attached hydrogen (secondary N) is 1. The van der Waals surface area contributed by atoms with Crippen LogP contribution in [0.3, 0.4) is 0 Å². The standard InChI is InChI=1S/C20H30N2O3/c1-3-17-14-15(10-13-25-17)20(23)21-16-8-11-22(12-9-16)18-6-4-5-7-19(18)24-2/h4-7,15-17H,3,8-14H2,1-2H3,(H,21,23). The van der Waals surface area contributed by atoms with E-state index in [2.05, 4.69) is 23.2 Å². The van der Waals surface area contributed by atoms with Crippen LogP contribution in [-0.4, -0.2) is 44.9 Å². The summed E-state index contributed by atoms with van der Waals surface area (Å²) in [6.07, 6.45) is 4.90. The highest BCUT2D eigenvalue weighted by Crippen LogP contribution is 2.30. The second-order valence-electron chi connectivity index (χ2n) is 7.06. The molecule has 2 atom stereocenters. The van der Waals surface area contributed by atoms with Gasteiger partial charge in [0.25, 0.3) is 0 Å². The lowest BCUT2D eigenvalue weighted by molar-refractivity contribution is -0.131. The molecule has 1 aromatic rings. The van der Waals surface area contributed by atoms with Gasteiger partial charge in [0.05, 0.1) is 18.9 Å². The number of amides is 1. The largest absolute Gasteiger partial charge is 0.495 e.